The van der Waals surface area contributed by atoms with Crippen molar-refractivity contribution in [2.75, 3.05) is 0 Å². The van der Waals surface area contributed by atoms with Crippen molar-refractivity contribution in [1.29, 1.82) is 0 Å². The number of hydrogen-bond donors (Lipinski definition) is 1. The third-order valence-electron chi connectivity index (χ3n) is 2.53. The fourth-order valence-corrected chi connectivity index (χ4v) is 1.62. The molecule has 1 aromatic heterocycles. The minimum absolute atomic E-state index is 0.190. The summed E-state index contributed by atoms with van der Waals surface area (Å²) in [5.41, 5.74) is 1.31. The van der Waals surface area contributed by atoms with E-state index in [0.29, 0.717) is 0 Å². The van der Waals surface area contributed by atoms with Crippen LogP contribution in [0.2, 0.25) is 0 Å². The van der Waals surface area contributed by atoms with E-state index in [1.807, 2.05) is 0 Å². The summed E-state index contributed by atoms with van der Waals surface area (Å²) in [5, 5.41) is 3.36. The molecule has 0 bridgehead atoms. The van der Waals surface area contributed by atoms with Crippen LogP contribution in [-0.2, 0) is 13.1 Å². The number of aromatic nitrogens is 1. The van der Waals surface area contributed by atoms with Crippen LogP contribution in [0.3, 0.4) is 0 Å². The summed E-state index contributed by atoms with van der Waals surface area (Å²) in [6, 6.07) is 4.42. The minimum Gasteiger partial charge on any atom is -0.350 e. The zero-order valence-corrected chi connectivity index (χ0v) is 9.66. The van der Waals surface area contributed by atoms with Crippen molar-refractivity contribution in [2.45, 2.75) is 45.8 Å². The fourth-order valence-electron chi connectivity index (χ4n) is 1.62. The molecule has 1 atom stereocenters. The number of hydrogen-bond acceptors (Lipinski definition) is 1. The number of nitrogens with one attached hydrogen (secondary N) is 1. The van der Waals surface area contributed by atoms with Gasteiger partial charge in [0.05, 0.1) is 6.04 Å². The molecule has 0 amide bonds. The molecule has 82 valence electrons. The number of nitrogens with zero attached hydrogens (tertiary/aromatic N) is 1. The lowest BCUT2D eigenvalue weighted by Gasteiger charge is -2.12. The molecule has 0 saturated heterocycles. The second-order valence-corrected chi connectivity index (χ2v) is 3.70. The Morgan fingerprint density at radius 3 is 2.93 bits per heavy atom. The summed E-state index contributed by atoms with van der Waals surface area (Å²) in [5.74, 6) is 2.75. The van der Waals surface area contributed by atoms with Crippen molar-refractivity contribution in [2.24, 2.45) is 0 Å². The van der Waals surface area contributed by atoms with E-state index in [0.717, 1.165) is 25.9 Å². The summed E-state index contributed by atoms with van der Waals surface area (Å²) in [4.78, 5) is 0. The largest absolute Gasteiger partial charge is 0.350 e. The Labute approximate surface area is 92.7 Å². The highest BCUT2D eigenvalue weighted by Gasteiger charge is 2.03. The lowest BCUT2D eigenvalue weighted by molar-refractivity contribution is 0.556. The molecule has 1 aromatic rings. The molecule has 0 fully saturated rings. The summed E-state index contributed by atoms with van der Waals surface area (Å²) >= 11 is 0. The highest BCUT2D eigenvalue weighted by atomic mass is 15.0. The van der Waals surface area contributed by atoms with Crippen molar-refractivity contribution in [3.8, 4) is 12.3 Å². The highest BCUT2D eigenvalue weighted by Crippen LogP contribution is 2.04. The van der Waals surface area contributed by atoms with Crippen LogP contribution in [0.5, 0.6) is 0 Å². The molecule has 0 aliphatic carbocycles. The van der Waals surface area contributed by atoms with Crippen molar-refractivity contribution in [3.63, 3.8) is 0 Å². The van der Waals surface area contributed by atoms with Gasteiger partial charge in [-0.2, -0.15) is 0 Å². The molecule has 1 heterocycles. The molecular formula is C13H20N2. The number of terminal acetylenes is 1. The summed E-state index contributed by atoms with van der Waals surface area (Å²) in [7, 11) is 0. The van der Waals surface area contributed by atoms with Gasteiger partial charge in [0.2, 0.25) is 0 Å². The van der Waals surface area contributed by atoms with Gasteiger partial charge < -0.3 is 4.57 Å². The SMILES string of the molecule is C#CC(CC)NCc1cccn1CCC. The first-order chi connectivity index (χ1) is 7.31. The Morgan fingerprint density at radius 2 is 2.33 bits per heavy atom. The smallest absolute Gasteiger partial charge is 0.0687 e. The Morgan fingerprint density at radius 1 is 1.53 bits per heavy atom. The molecule has 1 unspecified atom stereocenters. The van der Waals surface area contributed by atoms with Gasteiger partial charge in [0, 0.05) is 25.0 Å². The van der Waals surface area contributed by atoms with Crippen molar-refractivity contribution >= 4 is 0 Å². The van der Waals surface area contributed by atoms with Gasteiger partial charge in [-0.15, -0.1) is 6.42 Å². The van der Waals surface area contributed by atoms with E-state index in [4.69, 9.17) is 6.42 Å². The van der Waals surface area contributed by atoms with Crippen molar-refractivity contribution in [3.05, 3.63) is 24.0 Å². The van der Waals surface area contributed by atoms with Gasteiger partial charge in [0.1, 0.15) is 0 Å². The third kappa shape index (κ3) is 3.45. The summed E-state index contributed by atoms with van der Waals surface area (Å²) < 4.78 is 2.27. The molecule has 2 heteroatoms. The van der Waals surface area contributed by atoms with E-state index in [-0.39, 0.29) is 6.04 Å². The average Bonchev–Trinajstić information content (AvgIpc) is 2.68. The zero-order valence-electron chi connectivity index (χ0n) is 9.66. The highest BCUT2D eigenvalue weighted by molar-refractivity contribution is 5.08. The fraction of sp³-hybridized carbons (Fsp3) is 0.538. The molecule has 0 saturated carbocycles. The van der Waals surface area contributed by atoms with E-state index < -0.39 is 0 Å². The first kappa shape index (κ1) is 11.9. The molecule has 0 aliphatic heterocycles. The van der Waals surface area contributed by atoms with Crippen LogP contribution in [0.4, 0.5) is 0 Å². The second-order valence-electron chi connectivity index (χ2n) is 3.70. The minimum atomic E-state index is 0.190. The molecule has 0 spiro atoms. The lowest BCUT2D eigenvalue weighted by atomic mass is 10.2. The van der Waals surface area contributed by atoms with Crippen molar-refractivity contribution < 1.29 is 0 Å². The van der Waals surface area contributed by atoms with Gasteiger partial charge >= 0.3 is 0 Å². The molecule has 2 nitrogen and oxygen atoms in total. The van der Waals surface area contributed by atoms with Crippen LogP contribution in [0, 0.1) is 12.3 Å². The number of aryl methyl sites for hydroxylation is 1. The van der Waals surface area contributed by atoms with Crippen LogP contribution in [0.15, 0.2) is 18.3 Å². The lowest BCUT2D eigenvalue weighted by Crippen LogP contribution is -2.27. The van der Waals surface area contributed by atoms with E-state index >= 15 is 0 Å². The number of rotatable bonds is 6. The Bertz CT molecular complexity index is 320. The Balaban J connectivity index is 2.50. The normalized spacial score (nSPS) is 12.3. The van der Waals surface area contributed by atoms with E-state index in [2.05, 4.69) is 48.0 Å². The topological polar surface area (TPSA) is 17.0 Å². The van der Waals surface area contributed by atoms with Gasteiger partial charge in [0.15, 0.2) is 0 Å². The van der Waals surface area contributed by atoms with E-state index in [1.54, 1.807) is 0 Å². The summed E-state index contributed by atoms with van der Waals surface area (Å²) in [6.07, 6.45) is 9.66. The van der Waals surface area contributed by atoms with Gasteiger partial charge in [-0.1, -0.05) is 19.8 Å². The molecule has 0 aliphatic rings. The van der Waals surface area contributed by atoms with Crippen LogP contribution in [0.1, 0.15) is 32.4 Å². The van der Waals surface area contributed by atoms with Crippen LogP contribution >= 0.6 is 0 Å². The maximum atomic E-state index is 5.40. The van der Waals surface area contributed by atoms with E-state index in [1.165, 1.54) is 5.69 Å². The summed E-state index contributed by atoms with van der Waals surface area (Å²) in [6.45, 7) is 6.22. The monoisotopic (exact) mass is 204 g/mol. The maximum absolute atomic E-state index is 5.40. The van der Waals surface area contributed by atoms with Gasteiger partial charge in [-0.3, -0.25) is 5.32 Å². The Kier molecular flexibility index (Phi) is 5.00. The average molecular weight is 204 g/mol. The molecule has 0 radical (unpaired) electrons. The predicted molar refractivity (Wildman–Crippen MR) is 64.5 cm³/mol. The Hall–Kier alpha value is -1.20. The van der Waals surface area contributed by atoms with Gasteiger partial charge in [-0.05, 0) is 25.0 Å². The second kappa shape index (κ2) is 6.31. The molecular weight excluding hydrogens is 184 g/mol. The van der Waals surface area contributed by atoms with Gasteiger partial charge in [-0.25, -0.2) is 0 Å². The van der Waals surface area contributed by atoms with Crippen LogP contribution in [0.25, 0.3) is 0 Å². The third-order valence-corrected chi connectivity index (χ3v) is 2.53. The quantitative estimate of drug-likeness (QED) is 0.704. The first-order valence-electron chi connectivity index (χ1n) is 5.65. The first-order valence-corrected chi connectivity index (χ1v) is 5.65. The van der Waals surface area contributed by atoms with E-state index in [9.17, 15) is 0 Å². The molecule has 0 aromatic carbocycles. The van der Waals surface area contributed by atoms with Crippen molar-refractivity contribution in [1.82, 2.24) is 9.88 Å². The standard InChI is InChI=1S/C13H20N2/c1-4-9-15-10-7-8-13(15)11-14-12(5-2)6-3/h2,7-8,10,12,14H,4,6,9,11H2,1,3H3. The van der Waals surface area contributed by atoms with Crippen LogP contribution in [-0.4, -0.2) is 10.6 Å². The zero-order chi connectivity index (χ0) is 11.1. The molecule has 15 heavy (non-hydrogen) atoms. The molecule has 1 N–H and O–H groups in total. The van der Waals surface area contributed by atoms with Gasteiger partial charge in [0.25, 0.3) is 0 Å². The predicted octanol–water partition coefficient (Wildman–Crippen LogP) is 2.40. The molecule has 1 rings (SSSR count). The maximum Gasteiger partial charge on any atom is 0.0687 e. The van der Waals surface area contributed by atoms with Crippen LogP contribution < -0.4 is 5.32 Å².